The zero-order valence-corrected chi connectivity index (χ0v) is 17.2. The molecule has 0 aromatic heterocycles. The average molecular weight is 396 g/mol. The molecule has 27 heavy (non-hydrogen) atoms. The lowest BCUT2D eigenvalue weighted by Crippen LogP contribution is -2.48. The summed E-state index contributed by atoms with van der Waals surface area (Å²) in [5.74, 6) is -0.565. The maximum absolute atomic E-state index is 12.2. The molecule has 1 aliphatic rings. The van der Waals surface area contributed by atoms with Crippen molar-refractivity contribution >= 4 is 21.8 Å². The first kappa shape index (κ1) is 21.4. The highest BCUT2D eigenvalue weighted by Crippen LogP contribution is 2.22. The van der Waals surface area contributed by atoms with Gasteiger partial charge in [-0.1, -0.05) is 32.9 Å². The smallest absolute Gasteiger partial charge is 0.251 e. The fraction of sp³-hybridized carbons (Fsp3) is 0.579. The van der Waals surface area contributed by atoms with Gasteiger partial charge in [0.1, 0.15) is 0 Å². The van der Waals surface area contributed by atoms with Crippen molar-refractivity contribution in [1.29, 1.82) is 0 Å². The molecule has 0 bridgehead atoms. The molecule has 1 fully saturated rings. The Labute approximate surface area is 161 Å². The van der Waals surface area contributed by atoms with E-state index in [0.717, 1.165) is 5.56 Å². The summed E-state index contributed by atoms with van der Waals surface area (Å²) in [5.41, 5.74) is 1.66. The molecule has 2 N–H and O–H groups in total. The van der Waals surface area contributed by atoms with E-state index in [0.29, 0.717) is 31.5 Å². The number of carbonyl (C=O) groups is 2. The van der Waals surface area contributed by atoms with E-state index < -0.39 is 10.0 Å². The van der Waals surface area contributed by atoms with Crippen LogP contribution < -0.4 is 10.6 Å². The first-order chi connectivity index (χ1) is 12.5. The maximum atomic E-state index is 12.2. The standard InChI is InChI=1S/C19H29N3O4S/c1-19(2,3)15-7-5-14(6-8-15)18(24)20-13-17(23)21-16-9-11-22(12-10-16)27(4,25)26/h5-8,16H,9-13H2,1-4H3,(H,20,24)(H,21,23). The number of nitrogens with one attached hydrogen (secondary N) is 2. The molecule has 1 aromatic carbocycles. The number of benzene rings is 1. The summed E-state index contributed by atoms with van der Waals surface area (Å²) in [5, 5.41) is 5.47. The molecule has 0 atom stereocenters. The quantitative estimate of drug-likeness (QED) is 0.784. The lowest BCUT2D eigenvalue weighted by Gasteiger charge is -2.30. The SMILES string of the molecule is CC(C)(C)c1ccc(C(=O)NCC(=O)NC2CCN(S(C)(=O)=O)CC2)cc1. The molecule has 1 aromatic rings. The molecule has 0 saturated carbocycles. The van der Waals surface area contributed by atoms with Gasteiger partial charge in [-0.2, -0.15) is 0 Å². The van der Waals surface area contributed by atoms with Crippen LogP contribution in [0, 0.1) is 0 Å². The van der Waals surface area contributed by atoms with Gasteiger partial charge in [0.2, 0.25) is 15.9 Å². The molecule has 0 spiro atoms. The number of sulfonamides is 1. The third kappa shape index (κ3) is 6.32. The van der Waals surface area contributed by atoms with Crippen LogP contribution in [-0.4, -0.2) is 56.5 Å². The number of hydrogen-bond acceptors (Lipinski definition) is 4. The minimum Gasteiger partial charge on any atom is -0.352 e. The summed E-state index contributed by atoms with van der Waals surface area (Å²) in [6, 6.07) is 7.29. The van der Waals surface area contributed by atoms with Gasteiger partial charge in [0.05, 0.1) is 12.8 Å². The number of piperidine rings is 1. The number of carbonyl (C=O) groups excluding carboxylic acids is 2. The van der Waals surface area contributed by atoms with Crippen LogP contribution >= 0.6 is 0 Å². The molecule has 0 unspecified atom stereocenters. The number of amides is 2. The van der Waals surface area contributed by atoms with Crippen molar-refractivity contribution < 1.29 is 18.0 Å². The predicted octanol–water partition coefficient (Wildman–Crippen LogP) is 1.25. The Bertz CT molecular complexity index is 774. The highest BCUT2D eigenvalue weighted by atomic mass is 32.2. The molecule has 7 nitrogen and oxygen atoms in total. The summed E-state index contributed by atoms with van der Waals surface area (Å²) < 4.78 is 24.4. The van der Waals surface area contributed by atoms with Gasteiger partial charge >= 0.3 is 0 Å². The molecular weight excluding hydrogens is 366 g/mol. The van der Waals surface area contributed by atoms with Gasteiger partial charge in [-0.3, -0.25) is 9.59 Å². The van der Waals surface area contributed by atoms with Crippen LogP contribution in [0.15, 0.2) is 24.3 Å². The van der Waals surface area contributed by atoms with Crippen LogP contribution in [0.5, 0.6) is 0 Å². The Balaban J connectivity index is 1.78. The number of hydrogen-bond donors (Lipinski definition) is 2. The van der Waals surface area contributed by atoms with Gasteiger partial charge in [0.25, 0.3) is 5.91 Å². The van der Waals surface area contributed by atoms with E-state index in [4.69, 9.17) is 0 Å². The summed E-state index contributed by atoms with van der Waals surface area (Å²) in [4.78, 5) is 24.2. The molecule has 0 radical (unpaired) electrons. The normalized spacial score (nSPS) is 16.7. The summed E-state index contributed by atoms with van der Waals surface area (Å²) in [7, 11) is -3.18. The van der Waals surface area contributed by atoms with Gasteiger partial charge in [0.15, 0.2) is 0 Å². The topological polar surface area (TPSA) is 95.6 Å². The van der Waals surface area contributed by atoms with Gasteiger partial charge < -0.3 is 10.6 Å². The molecule has 2 amide bonds. The zero-order chi connectivity index (χ0) is 20.2. The molecule has 8 heteroatoms. The second kappa shape index (κ2) is 8.39. The third-order valence-corrected chi connectivity index (χ3v) is 6.01. The second-order valence-electron chi connectivity index (χ2n) is 8.01. The molecule has 2 rings (SSSR count). The lowest BCUT2D eigenvalue weighted by atomic mass is 9.87. The lowest BCUT2D eigenvalue weighted by molar-refractivity contribution is -0.121. The molecule has 150 valence electrons. The van der Waals surface area contributed by atoms with Crippen molar-refractivity contribution in [2.45, 2.75) is 45.1 Å². The highest BCUT2D eigenvalue weighted by Gasteiger charge is 2.25. The van der Waals surface area contributed by atoms with E-state index in [1.54, 1.807) is 12.1 Å². The fourth-order valence-electron chi connectivity index (χ4n) is 2.99. The summed E-state index contributed by atoms with van der Waals surface area (Å²) in [6.07, 6.45) is 2.33. The Morgan fingerprint density at radius 2 is 1.67 bits per heavy atom. The van der Waals surface area contributed by atoms with Gasteiger partial charge in [-0.25, -0.2) is 12.7 Å². The molecule has 0 aliphatic carbocycles. The summed E-state index contributed by atoms with van der Waals surface area (Å²) in [6.45, 7) is 7.01. The number of rotatable bonds is 5. The van der Waals surface area contributed by atoms with E-state index >= 15 is 0 Å². The second-order valence-corrected chi connectivity index (χ2v) is 10.00. The summed E-state index contributed by atoms with van der Waals surface area (Å²) >= 11 is 0. The highest BCUT2D eigenvalue weighted by molar-refractivity contribution is 7.88. The van der Waals surface area contributed by atoms with E-state index in [9.17, 15) is 18.0 Å². The monoisotopic (exact) mass is 395 g/mol. The van der Waals surface area contributed by atoms with Crippen molar-refractivity contribution in [1.82, 2.24) is 14.9 Å². The van der Waals surface area contributed by atoms with Gasteiger partial charge in [-0.15, -0.1) is 0 Å². The zero-order valence-electron chi connectivity index (χ0n) is 16.4. The first-order valence-electron chi connectivity index (χ1n) is 9.10. The average Bonchev–Trinajstić information content (AvgIpc) is 2.58. The van der Waals surface area contributed by atoms with Crippen molar-refractivity contribution in [3.8, 4) is 0 Å². The largest absolute Gasteiger partial charge is 0.352 e. The van der Waals surface area contributed by atoms with E-state index in [-0.39, 0.29) is 29.8 Å². The Hall–Kier alpha value is -1.93. The van der Waals surface area contributed by atoms with E-state index in [1.165, 1.54) is 10.6 Å². The van der Waals surface area contributed by atoms with Crippen molar-refractivity contribution in [2.24, 2.45) is 0 Å². The number of nitrogens with zero attached hydrogens (tertiary/aromatic N) is 1. The minimum absolute atomic E-state index is 0.0155. The maximum Gasteiger partial charge on any atom is 0.251 e. The van der Waals surface area contributed by atoms with Crippen molar-refractivity contribution in [3.05, 3.63) is 35.4 Å². The van der Waals surface area contributed by atoms with Crippen LogP contribution in [0.25, 0.3) is 0 Å². The molecule has 1 aliphatic heterocycles. The first-order valence-corrected chi connectivity index (χ1v) is 10.9. The molecular formula is C19H29N3O4S. The van der Waals surface area contributed by atoms with Crippen molar-refractivity contribution in [2.75, 3.05) is 25.9 Å². The van der Waals surface area contributed by atoms with Crippen molar-refractivity contribution in [3.63, 3.8) is 0 Å². The minimum atomic E-state index is -3.18. The van der Waals surface area contributed by atoms with E-state index in [1.807, 2.05) is 12.1 Å². The Kier molecular flexibility index (Phi) is 6.64. The predicted molar refractivity (Wildman–Crippen MR) is 105 cm³/mol. The fourth-order valence-corrected chi connectivity index (χ4v) is 3.87. The molecule has 1 saturated heterocycles. The van der Waals surface area contributed by atoms with Gasteiger partial charge in [0, 0.05) is 24.7 Å². The van der Waals surface area contributed by atoms with Crippen LogP contribution in [0.4, 0.5) is 0 Å². The van der Waals surface area contributed by atoms with Crippen LogP contribution in [-0.2, 0) is 20.2 Å². The molecule has 1 heterocycles. The van der Waals surface area contributed by atoms with Crippen LogP contribution in [0.1, 0.15) is 49.5 Å². The van der Waals surface area contributed by atoms with Crippen LogP contribution in [0.3, 0.4) is 0 Å². The van der Waals surface area contributed by atoms with Crippen LogP contribution in [0.2, 0.25) is 0 Å². The van der Waals surface area contributed by atoms with Gasteiger partial charge in [-0.05, 0) is 36.0 Å². The Morgan fingerprint density at radius 3 is 2.15 bits per heavy atom. The Morgan fingerprint density at radius 1 is 1.11 bits per heavy atom. The third-order valence-electron chi connectivity index (χ3n) is 4.71. The van der Waals surface area contributed by atoms with E-state index in [2.05, 4.69) is 31.4 Å².